The summed E-state index contributed by atoms with van der Waals surface area (Å²) in [6, 6.07) is 8.98. The maximum absolute atomic E-state index is 12.7. The van der Waals surface area contributed by atoms with Gasteiger partial charge in [0.2, 0.25) is 0 Å². The van der Waals surface area contributed by atoms with E-state index in [4.69, 9.17) is 0 Å². The monoisotopic (exact) mass is 431 g/mol. The average molecular weight is 431 g/mol. The zero-order valence-electron chi connectivity index (χ0n) is 16.4. The lowest BCUT2D eigenvalue weighted by Gasteiger charge is -2.27. The van der Waals surface area contributed by atoms with Gasteiger partial charge in [0.1, 0.15) is 5.39 Å². The summed E-state index contributed by atoms with van der Waals surface area (Å²) >= 11 is 0. The van der Waals surface area contributed by atoms with Crippen LogP contribution >= 0.6 is 0 Å². The van der Waals surface area contributed by atoms with Crippen LogP contribution < -0.4 is 10.9 Å². The van der Waals surface area contributed by atoms with Gasteiger partial charge in [0.15, 0.2) is 11.9 Å². The fourth-order valence-corrected chi connectivity index (χ4v) is 4.07. The van der Waals surface area contributed by atoms with Crippen LogP contribution in [0.5, 0.6) is 0 Å². The van der Waals surface area contributed by atoms with E-state index in [0.29, 0.717) is 16.6 Å². The zero-order chi connectivity index (χ0) is 22.2. The molecule has 3 aromatic rings. The van der Waals surface area contributed by atoms with Crippen molar-refractivity contribution in [2.45, 2.75) is 44.0 Å². The Bertz CT molecular complexity index is 1180. The van der Waals surface area contributed by atoms with E-state index >= 15 is 0 Å². The normalized spacial score (nSPS) is 20.4. The van der Waals surface area contributed by atoms with Crippen molar-refractivity contribution in [3.63, 3.8) is 0 Å². The molecule has 162 valence electrons. The minimum absolute atomic E-state index is 0.164. The van der Waals surface area contributed by atoms with E-state index in [1.807, 2.05) is 0 Å². The smallest absolute Gasteiger partial charge is 0.379 e. The first-order valence-corrected chi connectivity index (χ1v) is 9.91. The third-order valence-corrected chi connectivity index (χ3v) is 5.64. The number of halogens is 3. The van der Waals surface area contributed by atoms with Crippen molar-refractivity contribution in [1.82, 2.24) is 14.8 Å². The number of aromatic amines is 1. The summed E-state index contributed by atoms with van der Waals surface area (Å²) < 4.78 is 39.8. The minimum Gasteiger partial charge on any atom is -0.379 e. The van der Waals surface area contributed by atoms with Crippen molar-refractivity contribution < 1.29 is 18.3 Å². The molecule has 3 unspecified atom stereocenters. The van der Waals surface area contributed by atoms with Gasteiger partial charge in [-0.3, -0.25) is 9.48 Å². The number of nitriles is 1. The molecule has 0 amide bonds. The number of aliphatic hydroxyl groups is 1. The lowest BCUT2D eigenvalue weighted by atomic mass is 9.85. The molecule has 7 nitrogen and oxygen atoms in total. The molecule has 4 rings (SSSR count). The molecule has 3 N–H and O–H groups in total. The maximum atomic E-state index is 12.7. The number of hydrogen-bond acceptors (Lipinski definition) is 5. The topological polar surface area (TPSA) is 107 Å². The van der Waals surface area contributed by atoms with Crippen LogP contribution in [-0.2, 0) is 0 Å². The number of nitrogens with one attached hydrogen (secondary N) is 2. The van der Waals surface area contributed by atoms with E-state index < -0.39 is 12.3 Å². The molecule has 0 spiro atoms. The molecule has 1 saturated carbocycles. The molecule has 10 heteroatoms. The Balaban J connectivity index is 1.70. The molecule has 3 atom stereocenters. The Morgan fingerprint density at radius 1 is 1.23 bits per heavy atom. The molecule has 0 radical (unpaired) electrons. The van der Waals surface area contributed by atoms with Gasteiger partial charge in [0.05, 0.1) is 23.5 Å². The highest BCUT2D eigenvalue weighted by atomic mass is 19.4. The summed E-state index contributed by atoms with van der Waals surface area (Å²) in [6.07, 6.45) is -2.35. The summed E-state index contributed by atoms with van der Waals surface area (Å²) in [5, 5.41) is 26.8. The highest BCUT2D eigenvalue weighted by Crippen LogP contribution is 2.37. The second-order valence-corrected chi connectivity index (χ2v) is 7.64. The van der Waals surface area contributed by atoms with Gasteiger partial charge in [-0.1, -0.05) is 25.0 Å². The molecule has 0 aliphatic heterocycles. The second kappa shape index (κ2) is 8.07. The largest absolute Gasteiger partial charge is 0.418 e. The molecule has 1 aliphatic rings. The maximum Gasteiger partial charge on any atom is 0.418 e. The molecule has 2 aromatic heterocycles. The number of hydrogen-bond donors (Lipinski definition) is 3. The molecular formula is C21H20F3N5O2. The van der Waals surface area contributed by atoms with Gasteiger partial charge in [-0.2, -0.15) is 23.5 Å². The number of alkyl halides is 3. The van der Waals surface area contributed by atoms with Crippen molar-refractivity contribution >= 4 is 22.4 Å². The molecule has 0 bridgehead atoms. The van der Waals surface area contributed by atoms with Crippen LogP contribution in [0.1, 0.15) is 43.4 Å². The Labute approximate surface area is 175 Å². The van der Waals surface area contributed by atoms with Gasteiger partial charge >= 0.3 is 6.18 Å². The Morgan fingerprint density at radius 2 is 1.94 bits per heavy atom. The van der Waals surface area contributed by atoms with Gasteiger partial charge in [-0.05, 0) is 36.6 Å². The first-order chi connectivity index (χ1) is 14.8. The Morgan fingerprint density at radius 3 is 2.61 bits per heavy atom. The average Bonchev–Trinajstić information content (AvgIpc) is 3.12. The predicted molar refractivity (Wildman–Crippen MR) is 108 cm³/mol. The van der Waals surface area contributed by atoms with Crippen LogP contribution in [0, 0.1) is 17.2 Å². The standard InChI is InChI=1S/C21H20F3N5O2/c22-21(23,24)18(30)12-5-7-14(8-6-12)27-19-17-16(9-10-26-20(17)31)29(28-19)15-4-2-1-3-13(15)11-25/h5-10,13,15,18,30H,1-4H2,(H,26,31)(H,27,28). The minimum atomic E-state index is -4.76. The molecule has 31 heavy (non-hydrogen) atoms. The van der Waals surface area contributed by atoms with Gasteiger partial charge in [0.25, 0.3) is 5.56 Å². The van der Waals surface area contributed by atoms with Crippen molar-refractivity contribution in [3.05, 3.63) is 52.4 Å². The Kier molecular flexibility index (Phi) is 5.45. The first kappa shape index (κ1) is 20.9. The van der Waals surface area contributed by atoms with E-state index in [1.165, 1.54) is 18.3 Å². The summed E-state index contributed by atoms with van der Waals surface area (Å²) in [7, 11) is 0. The van der Waals surface area contributed by atoms with E-state index in [1.54, 1.807) is 10.7 Å². The quantitative estimate of drug-likeness (QED) is 0.570. The number of benzene rings is 1. The lowest BCUT2D eigenvalue weighted by Crippen LogP contribution is -2.23. The second-order valence-electron chi connectivity index (χ2n) is 7.64. The van der Waals surface area contributed by atoms with Crippen LogP contribution in [0.4, 0.5) is 24.7 Å². The molecule has 1 fully saturated rings. The van der Waals surface area contributed by atoms with Crippen LogP contribution in [0.25, 0.3) is 10.9 Å². The third-order valence-electron chi connectivity index (χ3n) is 5.64. The zero-order valence-corrected chi connectivity index (χ0v) is 16.4. The molecule has 0 saturated heterocycles. The number of H-pyrrole nitrogens is 1. The third kappa shape index (κ3) is 4.01. The number of anilines is 2. The predicted octanol–water partition coefficient (Wildman–Crippen LogP) is 4.32. The van der Waals surface area contributed by atoms with E-state index in [2.05, 4.69) is 21.5 Å². The number of aliphatic hydroxyl groups excluding tert-OH is 1. The van der Waals surface area contributed by atoms with Gasteiger partial charge in [-0.25, -0.2) is 0 Å². The van der Waals surface area contributed by atoms with Crippen LogP contribution in [-0.4, -0.2) is 26.0 Å². The van der Waals surface area contributed by atoms with Crippen molar-refractivity contribution in [3.8, 4) is 6.07 Å². The van der Waals surface area contributed by atoms with Crippen molar-refractivity contribution in [2.75, 3.05) is 5.32 Å². The van der Waals surface area contributed by atoms with Gasteiger partial charge in [0, 0.05) is 11.9 Å². The molecule has 1 aliphatic carbocycles. The molecule has 2 heterocycles. The number of aromatic nitrogens is 3. The highest BCUT2D eigenvalue weighted by molar-refractivity contribution is 5.91. The summed E-state index contributed by atoms with van der Waals surface area (Å²) in [6.45, 7) is 0. The summed E-state index contributed by atoms with van der Waals surface area (Å²) in [4.78, 5) is 15.1. The fraction of sp³-hybridized carbons (Fsp3) is 0.381. The van der Waals surface area contributed by atoms with Gasteiger partial charge in [-0.15, -0.1) is 0 Å². The summed E-state index contributed by atoms with van der Waals surface area (Å²) in [5.41, 5.74) is 0.348. The number of fused-ring (bicyclic) bond motifs is 1. The molecular weight excluding hydrogens is 411 g/mol. The SMILES string of the molecule is N#CC1CCCCC1n1nc(Nc2ccc(C(O)C(F)(F)F)cc2)c2c(=O)[nH]ccc21. The van der Waals surface area contributed by atoms with E-state index in [9.17, 15) is 28.3 Å². The van der Waals surface area contributed by atoms with E-state index in [-0.39, 0.29) is 28.9 Å². The van der Waals surface area contributed by atoms with Crippen LogP contribution in [0.3, 0.4) is 0 Å². The van der Waals surface area contributed by atoms with Gasteiger partial charge < -0.3 is 15.4 Å². The number of rotatable bonds is 4. The molecule has 1 aromatic carbocycles. The van der Waals surface area contributed by atoms with E-state index in [0.717, 1.165) is 37.8 Å². The number of pyridine rings is 1. The Hall–Kier alpha value is -3.32. The summed E-state index contributed by atoms with van der Waals surface area (Å²) in [5.74, 6) is 0.0374. The first-order valence-electron chi connectivity index (χ1n) is 9.91. The van der Waals surface area contributed by atoms with Crippen molar-refractivity contribution in [2.24, 2.45) is 5.92 Å². The van der Waals surface area contributed by atoms with Crippen molar-refractivity contribution in [1.29, 1.82) is 5.26 Å². The fourth-order valence-electron chi connectivity index (χ4n) is 4.07. The van der Waals surface area contributed by atoms with Crippen LogP contribution in [0.15, 0.2) is 41.3 Å². The lowest BCUT2D eigenvalue weighted by molar-refractivity contribution is -0.206. The highest BCUT2D eigenvalue weighted by Gasteiger charge is 2.39. The van der Waals surface area contributed by atoms with Crippen LogP contribution in [0.2, 0.25) is 0 Å². The number of nitrogens with zero attached hydrogens (tertiary/aromatic N) is 3.